The van der Waals surface area contributed by atoms with Gasteiger partial charge < -0.3 is 21.7 Å². The van der Waals surface area contributed by atoms with E-state index in [1.165, 1.54) is 11.1 Å². The number of allylic oxidation sites excluding steroid dienone is 2. The van der Waals surface area contributed by atoms with Crippen molar-refractivity contribution in [1.29, 1.82) is 0 Å². The lowest BCUT2D eigenvalue weighted by atomic mass is 9.90. The van der Waals surface area contributed by atoms with Crippen LogP contribution in [0.3, 0.4) is 0 Å². The van der Waals surface area contributed by atoms with Gasteiger partial charge in [0.15, 0.2) is 10.8 Å². The van der Waals surface area contributed by atoms with E-state index in [9.17, 15) is 18.9 Å². The van der Waals surface area contributed by atoms with Gasteiger partial charge in [-0.25, -0.2) is 33.3 Å². The van der Waals surface area contributed by atoms with E-state index in [1.54, 1.807) is 36.2 Å². The topological polar surface area (TPSA) is 134 Å². The van der Waals surface area contributed by atoms with E-state index in [2.05, 4.69) is 67.8 Å². The molecule has 3 aromatic rings. The Labute approximate surface area is 308 Å². The number of hydrogen-bond acceptors (Lipinski definition) is 10. The van der Waals surface area contributed by atoms with Gasteiger partial charge in [-0.2, -0.15) is 0 Å². The fourth-order valence-corrected chi connectivity index (χ4v) is 6.36. The van der Waals surface area contributed by atoms with Gasteiger partial charge in [0.2, 0.25) is 5.95 Å². The monoisotopic (exact) mass is 746 g/mol. The molecule has 2 saturated heterocycles. The molecule has 0 spiro atoms. The number of hydrogen-bond donors (Lipinski definition) is 5. The van der Waals surface area contributed by atoms with E-state index in [0.717, 1.165) is 78.7 Å². The summed E-state index contributed by atoms with van der Waals surface area (Å²) in [6.45, 7) is 17.2. The first-order valence-electron chi connectivity index (χ1n) is 17.0. The average molecular weight is 747 g/mol. The number of aromatic nitrogens is 2. The van der Waals surface area contributed by atoms with E-state index in [-0.39, 0.29) is 33.3 Å². The highest BCUT2D eigenvalue weighted by atomic mass is 32.2. The highest BCUT2D eigenvalue weighted by molar-refractivity contribution is 8.12. The van der Waals surface area contributed by atoms with Crippen molar-refractivity contribution in [1.82, 2.24) is 25.6 Å². The van der Waals surface area contributed by atoms with Crippen molar-refractivity contribution in [3.63, 3.8) is 0 Å². The molecule has 0 aliphatic carbocycles. The average Bonchev–Trinajstić information content (AvgIpc) is 3.13. The lowest BCUT2D eigenvalue weighted by molar-refractivity contribution is -0.656. The first-order valence-corrected chi connectivity index (χ1v) is 18.3. The number of benzene rings is 2. The van der Waals surface area contributed by atoms with E-state index in [0.29, 0.717) is 30.6 Å². The minimum absolute atomic E-state index is 0.0968. The number of halogens is 3. The number of rotatable bonds is 10. The van der Waals surface area contributed by atoms with E-state index < -0.39 is 11.6 Å². The van der Waals surface area contributed by atoms with Crippen LogP contribution in [0, 0.1) is 39.4 Å². The van der Waals surface area contributed by atoms with Crippen LogP contribution in [0.15, 0.2) is 65.0 Å². The maximum absolute atomic E-state index is 15.3. The van der Waals surface area contributed by atoms with E-state index in [4.69, 9.17) is 10.7 Å². The number of nitrogens with zero attached hydrogens (tertiary/aromatic N) is 4. The molecule has 0 saturated carbocycles. The summed E-state index contributed by atoms with van der Waals surface area (Å²) in [6.07, 6.45) is 4.69. The van der Waals surface area contributed by atoms with Crippen LogP contribution in [-0.4, -0.2) is 65.3 Å². The fraction of sp³-hybridized carbons (Fsp3) is 0.444. The summed E-state index contributed by atoms with van der Waals surface area (Å²) in [7, 11) is 0. The Bertz CT molecular complexity index is 1610. The molecular weight excluding hydrogens is 698 g/mol. The van der Waals surface area contributed by atoms with Gasteiger partial charge in [0.1, 0.15) is 11.6 Å². The summed E-state index contributed by atoms with van der Waals surface area (Å²) in [5, 5.41) is 20.8. The number of thioether (sulfide) groups is 1. The van der Waals surface area contributed by atoms with E-state index in [1.807, 2.05) is 6.07 Å². The van der Waals surface area contributed by atoms with Crippen molar-refractivity contribution in [3.05, 3.63) is 99.0 Å². The third kappa shape index (κ3) is 12.7. The molecule has 1 atom stereocenters. The number of nitrogens with two attached hydrogens (primary N) is 1. The second kappa shape index (κ2) is 20.9. The molecule has 2 aromatic carbocycles. The van der Waals surface area contributed by atoms with Crippen molar-refractivity contribution in [2.75, 3.05) is 50.3 Å². The van der Waals surface area contributed by atoms with Crippen molar-refractivity contribution in [3.8, 4) is 0 Å². The largest absolute Gasteiger partial charge is 0.396 e. The Morgan fingerprint density at radius 1 is 1.08 bits per heavy atom. The third-order valence-corrected chi connectivity index (χ3v) is 10.2. The van der Waals surface area contributed by atoms with Crippen LogP contribution in [0.25, 0.3) is 10.5 Å². The van der Waals surface area contributed by atoms with Gasteiger partial charge >= 0.3 is 0 Å². The van der Waals surface area contributed by atoms with Gasteiger partial charge in [0.25, 0.3) is 0 Å². The molecule has 15 heteroatoms. The molecule has 0 bridgehead atoms. The Morgan fingerprint density at radius 2 is 1.69 bits per heavy atom. The van der Waals surface area contributed by atoms with Crippen molar-refractivity contribution in [2.45, 2.75) is 57.9 Å². The van der Waals surface area contributed by atoms with Gasteiger partial charge in [0, 0.05) is 35.8 Å². The maximum Gasteiger partial charge on any atom is 0.223 e. The Kier molecular flexibility index (Phi) is 17.1. The Hall–Kier alpha value is -3.79. The van der Waals surface area contributed by atoms with Crippen LogP contribution in [0.5, 0.6) is 0 Å². The third-order valence-electron chi connectivity index (χ3n) is 8.37. The molecule has 5 rings (SSSR count). The molecular formula is C36H49F3N8O2S2. The number of hydrazine groups is 1. The normalized spacial score (nSPS) is 15.8. The molecule has 1 aromatic heterocycles. The summed E-state index contributed by atoms with van der Waals surface area (Å²) >= 11 is 5.13. The highest BCUT2D eigenvalue weighted by Crippen LogP contribution is 2.45. The Balaban J connectivity index is 0.000000314. The molecule has 0 radical (unpaired) electrons. The minimum Gasteiger partial charge on any atom is -0.396 e. The molecule has 1 unspecified atom stereocenters. The second-order valence-corrected chi connectivity index (χ2v) is 14.0. The predicted octanol–water partition coefficient (Wildman–Crippen LogP) is 7.52. The SMILES string of the molecule is C=C(S/C(=C(/c1cccc(N)c1F)C(C)CC)c1ccnc(NC2CCNCC2)n1)C(C)C.Fc1cccc(F)c1S.O=[N+]([O-])N1CCNCC1. The quantitative estimate of drug-likeness (QED) is 0.0614. The zero-order valence-electron chi connectivity index (χ0n) is 29.6. The van der Waals surface area contributed by atoms with Crippen molar-refractivity contribution < 1.29 is 18.2 Å². The highest BCUT2D eigenvalue weighted by Gasteiger charge is 2.24. The van der Waals surface area contributed by atoms with Crippen LogP contribution in [0.1, 0.15) is 58.2 Å². The molecule has 5 N–H and O–H groups in total. The zero-order chi connectivity index (χ0) is 37.5. The fourth-order valence-electron chi connectivity index (χ4n) is 5.08. The Morgan fingerprint density at radius 3 is 2.24 bits per heavy atom. The zero-order valence-corrected chi connectivity index (χ0v) is 31.3. The second-order valence-electron chi connectivity index (χ2n) is 12.4. The number of nitro groups is 1. The van der Waals surface area contributed by atoms with Crippen molar-refractivity contribution in [2.24, 2.45) is 11.8 Å². The van der Waals surface area contributed by atoms with Gasteiger partial charge in [-0.3, -0.25) is 0 Å². The lowest BCUT2D eigenvalue weighted by Gasteiger charge is -2.25. The minimum atomic E-state index is -0.627. The van der Waals surface area contributed by atoms with E-state index >= 15 is 4.39 Å². The molecule has 10 nitrogen and oxygen atoms in total. The van der Waals surface area contributed by atoms with Crippen LogP contribution in [0.4, 0.5) is 24.8 Å². The number of piperidine rings is 1. The first kappa shape index (κ1) is 41.6. The molecule has 3 heterocycles. The van der Waals surface area contributed by atoms with Crippen LogP contribution < -0.4 is 21.7 Å². The number of anilines is 2. The number of nitrogens with one attached hydrogen (secondary N) is 3. The molecule has 51 heavy (non-hydrogen) atoms. The standard InChI is InChI=1S/C26H36FN5S.C6H4F2S.C4H9N3O2/c1-6-17(4)23(20-8-7-9-21(28)24(20)27)25(33-18(5)16(2)3)22-12-15-30-26(32-22)31-19-10-13-29-14-11-19;7-4-2-1-3-5(8)6(4)9;8-7(9)6-3-1-5-2-4-6/h7-9,12,15-17,19,29H,5-6,10-11,13-14,28H2,1-4H3,(H,30,31,32);1-3,9H;5H,1-4H2/b25-23+;;. The van der Waals surface area contributed by atoms with Gasteiger partial charge in [0.05, 0.1) is 29.4 Å². The first-order chi connectivity index (χ1) is 24.3. The summed E-state index contributed by atoms with van der Waals surface area (Å²) in [4.78, 5) is 21.1. The van der Waals surface area contributed by atoms with Crippen LogP contribution in [-0.2, 0) is 0 Å². The number of thiol groups is 1. The summed E-state index contributed by atoms with van der Waals surface area (Å²) in [5.41, 5.74) is 8.30. The molecule has 278 valence electrons. The molecule has 2 aliphatic heterocycles. The summed E-state index contributed by atoms with van der Waals surface area (Å²) in [6, 6.07) is 11.1. The summed E-state index contributed by atoms with van der Waals surface area (Å²) < 4.78 is 39.8. The van der Waals surface area contributed by atoms with Gasteiger partial charge in [-0.05, 0) is 78.9 Å². The van der Waals surface area contributed by atoms with Crippen LogP contribution >= 0.6 is 24.4 Å². The predicted molar refractivity (Wildman–Crippen MR) is 205 cm³/mol. The number of piperazine rings is 1. The van der Waals surface area contributed by atoms with Gasteiger partial charge in [-0.15, -0.1) is 17.6 Å². The van der Waals surface area contributed by atoms with Crippen molar-refractivity contribution >= 4 is 46.5 Å². The summed E-state index contributed by atoms with van der Waals surface area (Å²) in [5.74, 6) is -0.674. The maximum atomic E-state index is 15.3. The smallest absolute Gasteiger partial charge is 0.223 e. The van der Waals surface area contributed by atoms with Gasteiger partial charge in [-0.1, -0.05) is 64.2 Å². The van der Waals surface area contributed by atoms with Crippen LogP contribution in [0.2, 0.25) is 0 Å². The molecule has 2 fully saturated rings. The molecule has 0 amide bonds. The molecule has 2 aliphatic rings. The lowest BCUT2D eigenvalue weighted by Crippen LogP contribution is -2.46. The number of nitrogen functional groups attached to an aromatic ring is 1.